The summed E-state index contributed by atoms with van der Waals surface area (Å²) in [6, 6.07) is -7.25. The molecule has 15 heteroatoms. The van der Waals surface area contributed by atoms with Crippen molar-refractivity contribution in [3.63, 3.8) is 0 Å². The van der Waals surface area contributed by atoms with Gasteiger partial charge in [0.15, 0.2) is 0 Å². The first-order valence-corrected chi connectivity index (χ1v) is 18.9. The Morgan fingerprint density at radius 2 is 1.63 bits per heavy atom. The molecule has 4 N–H and O–H groups in total. The van der Waals surface area contributed by atoms with E-state index in [-0.39, 0.29) is 36.5 Å². The van der Waals surface area contributed by atoms with Crippen LogP contribution in [0.5, 0.6) is 0 Å². The zero-order chi connectivity index (χ0) is 37.8. The fourth-order valence-corrected chi connectivity index (χ4v) is 8.37. The molecule has 1 aromatic rings. The number of alkyl halides is 3. The molecule has 0 spiro atoms. The number of amides is 4. The molecule has 5 rings (SSSR count). The minimum atomic E-state index is -4.87. The first kappa shape index (κ1) is 39.6. The highest BCUT2D eigenvalue weighted by molar-refractivity contribution is 6.38. The lowest BCUT2D eigenvalue weighted by Gasteiger charge is -2.43. The number of carbonyl (C=O) groups is 5. The Bertz CT molecular complexity index is 1440. The van der Waals surface area contributed by atoms with Crippen LogP contribution in [0.1, 0.15) is 115 Å². The van der Waals surface area contributed by atoms with E-state index < -0.39 is 77.1 Å². The quantitative estimate of drug-likeness (QED) is 0.210. The summed E-state index contributed by atoms with van der Waals surface area (Å²) in [7, 11) is 0. The van der Waals surface area contributed by atoms with Gasteiger partial charge in [-0.25, -0.2) is 4.98 Å². The highest BCUT2D eigenvalue weighted by Gasteiger charge is 2.55. The number of Topliss-reactive ketones (excluding diaryl/α,β-unsaturated/α-hetero) is 1. The van der Waals surface area contributed by atoms with Crippen LogP contribution in [0.3, 0.4) is 0 Å². The molecule has 1 aliphatic heterocycles. The van der Waals surface area contributed by atoms with Gasteiger partial charge in [0.25, 0.3) is 11.8 Å². The van der Waals surface area contributed by atoms with Crippen LogP contribution in [0.2, 0.25) is 0 Å². The van der Waals surface area contributed by atoms with Gasteiger partial charge in [-0.1, -0.05) is 59.8 Å². The predicted molar refractivity (Wildman–Crippen MR) is 185 cm³/mol. The number of aromatic nitrogens is 2. The standard InChI is InChI=1S/C37H54F3N7O5/c1-5-10-25(29(48)34(51)43-23-15-16-23)44-33(50)28-24-14-9-13-22(24)20-47(28)35(52)31(36(2,3)4)46-30(37(38,39)40)27(21-11-7-6-8-12-21)45-32(49)26-19-41-17-18-42-26/h17-19,21-25,27-28,30-31,46H,5-16,20H2,1-4H3,(H,43,51)(H,44,50)(H,45,49)/t22-,24-,25-,27?,28-,30?,31+/m0/s1. The second kappa shape index (κ2) is 16.6. The van der Waals surface area contributed by atoms with E-state index in [9.17, 15) is 24.0 Å². The van der Waals surface area contributed by atoms with E-state index in [0.717, 1.165) is 32.1 Å². The molecule has 3 saturated carbocycles. The Labute approximate surface area is 303 Å². The normalized spacial score (nSPS) is 24.7. The summed E-state index contributed by atoms with van der Waals surface area (Å²) in [5.74, 6) is -4.30. The molecule has 4 aliphatic rings. The predicted octanol–water partition coefficient (Wildman–Crippen LogP) is 3.85. The van der Waals surface area contributed by atoms with Crippen LogP contribution >= 0.6 is 0 Å². The molecule has 1 saturated heterocycles. The summed E-state index contributed by atoms with van der Waals surface area (Å²) in [5.41, 5.74) is -1.16. The van der Waals surface area contributed by atoms with Gasteiger partial charge in [0.1, 0.15) is 17.8 Å². The Morgan fingerprint density at radius 3 is 2.23 bits per heavy atom. The second-order valence-electron chi connectivity index (χ2n) is 16.2. The number of nitrogens with one attached hydrogen (secondary N) is 4. The molecule has 0 radical (unpaired) electrons. The lowest BCUT2D eigenvalue weighted by atomic mass is 9.79. The summed E-state index contributed by atoms with van der Waals surface area (Å²) in [6.07, 6.45) is 6.81. The van der Waals surface area contributed by atoms with Crippen molar-refractivity contribution >= 4 is 29.4 Å². The van der Waals surface area contributed by atoms with Crippen LogP contribution in [0.25, 0.3) is 0 Å². The number of hydrogen-bond acceptors (Lipinski definition) is 8. The molecule has 12 nitrogen and oxygen atoms in total. The zero-order valence-electron chi connectivity index (χ0n) is 30.6. The van der Waals surface area contributed by atoms with Crippen LogP contribution in [-0.4, -0.2) is 93.3 Å². The smallest absolute Gasteiger partial charge is 0.347 e. The Morgan fingerprint density at radius 1 is 0.923 bits per heavy atom. The largest absolute Gasteiger partial charge is 0.405 e. The Kier molecular flexibility index (Phi) is 12.6. The minimum Gasteiger partial charge on any atom is -0.347 e. The molecular formula is C37H54F3N7O5. The van der Waals surface area contributed by atoms with Crippen molar-refractivity contribution in [3.8, 4) is 0 Å². The van der Waals surface area contributed by atoms with Crippen LogP contribution in [0.4, 0.5) is 13.2 Å². The minimum absolute atomic E-state index is 0.0292. The molecule has 2 heterocycles. The average Bonchev–Trinajstić information content (AvgIpc) is 3.66. The summed E-state index contributed by atoms with van der Waals surface area (Å²) >= 11 is 0. The van der Waals surface area contributed by atoms with Crippen LogP contribution < -0.4 is 21.3 Å². The van der Waals surface area contributed by atoms with Crippen molar-refractivity contribution in [2.45, 2.75) is 147 Å². The van der Waals surface area contributed by atoms with Gasteiger partial charge < -0.3 is 20.9 Å². The van der Waals surface area contributed by atoms with Gasteiger partial charge in [-0.15, -0.1) is 0 Å². The lowest BCUT2D eigenvalue weighted by Crippen LogP contribution is -2.67. The highest BCUT2D eigenvalue weighted by atomic mass is 19.4. The monoisotopic (exact) mass is 733 g/mol. The van der Waals surface area contributed by atoms with Gasteiger partial charge in [-0.2, -0.15) is 13.2 Å². The van der Waals surface area contributed by atoms with Crippen molar-refractivity contribution in [1.29, 1.82) is 0 Å². The molecule has 0 aromatic carbocycles. The van der Waals surface area contributed by atoms with Crippen molar-refractivity contribution in [2.75, 3.05) is 6.54 Å². The molecule has 288 valence electrons. The fourth-order valence-electron chi connectivity index (χ4n) is 8.37. The van der Waals surface area contributed by atoms with E-state index in [1.54, 1.807) is 20.8 Å². The third-order valence-electron chi connectivity index (χ3n) is 11.2. The lowest BCUT2D eigenvalue weighted by molar-refractivity contribution is -0.172. The van der Waals surface area contributed by atoms with Crippen molar-refractivity contribution in [2.24, 2.45) is 23.2 Å². The molecular weight excluding hydrogens is 679 g/mol. The summed E-state index contributed by atoms with van der Waals surface area (Å²) in [6.45, 7) is 7.03. The molecule has 52 heavy (non-hydrogen) atoms. The fraction of sp³-hybridized carbons (Fsp3) is 0.757. The number of halogens is 3. The molecule has 2 unspecified atom stereocenters. The van der Waals surface area contributed by atoms with E-state index in [2.05, 4.69) is 31.2 Å². The van der Waals surface area contributed by atoms with Crippen LogP contribution in [0, 0.1) is 23.2 Å². The van der Waals surface area contributed by atoms with Gasteiger partial charge in [-0.3, -0.25) is 34.3 Å². The summed E-state index contributed by atoms with van der Waals surface area (Å²) in [4.78, 5) is 77.2. The molecule has 4 amide bonds. The van der Waals surface area contributed by atoms with Crippen molar-refractivity contribution in [1.82, 2.24) is 36.1 Å². The molecule has 3 aliphatic carbocycles. The molecule has 1 aromatic heterocycles. The van der Waals surface area contributed by atoms with Crippen molar-refractivity contribution < 1.29 is 37.1 Å². The first-order valence-electron chi connectivity index (χ1n) is 18.9. The van der Waals surface area contributed by atoms with E-state index in [4.69, 9.17) is 0 Å². The number of carbonyl (C=O) groups excluding carboxylic acids is 5. The molecule has 0 bridgehead atoms. The number of nitrogens with zero attached hydrogens (tertiary/aromatic N) is 3. The van der Waals surface area contributed by atoms with Gasteiger partial charge >= 0.3 is 6.18 Å². The highest BCUT2D eigenvalue weighted by Crippen LogP contribution is 2.44. The number of likely N-dealkylation sites (tertiary alicyclic amines) is 1. The van der Waals surface area contributed by atoms with Crippen LogP contribution in [0.15, 0.2) is 18.6 Å². The number of fused-ring (bicyclic) bond motifs is 1. The maximum atomic E-state index is 15.3. The summed E-state index contributed by atoms with van der Waals surface area (Å²) < 4.78 is 45.9. The maximum Gasteiger partial charge on any atom is 0.405 e. The van der Waals surface area contributed by atoms with E-state index in [0.29, 0.717) is 38.5 Å². The Balaban J connectivity index is 1.43. The topological polar surface area (TPSA) is 162 Å². The average molecular weight is 734 g/mol. The maximum absolute atomic E-state index is 15.3. The van der Waals surface area contributed by atoms with E-state index in [1.165, 1.54) is 23.5 Å². The van der Waals surface area contributed by atoms with Gasteiger partial charge in [0.2, 0.25) is 17.6 Å². The first-order chi connectivity index (χ1) is 24.6. The number of rotatable bonds is 14. The van der Waals surface area contributed by atoms with E-state index >= 15 is 13.2 Å². The van der Waals surface area contributed by atoms with Gasteiger partial charge in [0.05, 0.1) is 24.3 Å². The third kappa shape index (κ3) is 9.48. The molecule has 4 fully saturated rings. The van der Waals surface area contributed by atoms with E-state index in [1.807, 2.05) is 6.92 Å². The van der Waals surface area contributed by atoms with Gasteiger partial charge in [0, 0.05) is 25.0 Å². The zero-order valence-corrected chi connectivity index (χ0v) is 30.6. The second-order valence-corrected chi connectivity index (χ2v) is 16.2. The molecule has 7 atom stereocenters. The summed E-state index contributed by atoms with van der Waals surface area (Å²) in [5, 5.41) is 10.8. The number of hydrogen-bond donors (Lipinski definition) is 4. The van der Waals surface area contributed by atoms with Crippen LogP contribution in [-0.2, 0) is 19.2 Å². The SMILES string of the molecule is CCC[C@H](NC(=O)[C@@H]1[C@H]2CCC[C@H]2CN1C(=O)[C@@H](NC(C(NC(=O)c1cnccn1)C1CCCCC1)C(F)(F)F)C(C)(C)C)C(=O)C(=O)NC1CC1. The van der Waals surface area contributed by atoms with Crippen molar-refractivity contribution in [3.05, 3.63) is 24.3 Å². The van der Waals surface area contributed by atoms with Gasteiger partial charge in [-0.05, 0) is 68.1 Å². The number of ketones is 1. The Hall–Kier alpha value is -3.62. The third-order valence-corrected chi connectivity index (χ3v) is 11.2.